The Kier molecular flexibility index (Phi) is 8.27. The molecule has 1 unspecified atom stereocenters. The summed E-state index contributed by atoms with van der Waals surface area (Å²) in [4.78, 5) is 12.3. The van der Waals surface area contributed by atoms with E-state index in [9.17, 15) is 13.2 Å². The Balaban J connectivity index is 0.00000364. The molecule has 0 saturated carbocycles. The fourth-order valence-electron chi connectivity index (χ4n) is 2.36. The zero-order chi connectivity index (χ0) is 19.3. The smallest absolute Gasteiger partial charge is 0.264 e. The van der Waals surface area contributed by atoms with Crippen LogP contribution in [-0.4, -0.2) is 34.0 Å². The second-order valence-corrected chi connectivity index (χ2v) is 8.33. The number of nitrogens with zero attached hydrogens (tertiary/aromatic N) is 1. The van der Waals surface area contributed by atoms with E-state index < -0.39 is 10.0 Å². The number of hydrogen-bond donors (Lipinski definition) is 2. The molecule has 0 radical (unpaired) electrons. The van der Waals surface area contributed by atoms with E-state index in [1.54, 1.807) is 24.3 Å². The maximum atomic E-state index is 12.9. The van der Waals surface area contributed by atoms with Crippen molar-refractivity contribution in [2.45, 2.75) is 31.2 Å². The van der Waals surface area contributed by atoms with Crippen LogP contribution in [0.15, 0.2) is 53.4 Å². The Morgan fingerprint density at radius 2 is 1.81 bits per heavy atom. The molecule has 148 valence electrons. The van der Waals surface area contributed by atoms with Crippen LogP contribution < -0.4 is 15.4 Å². The van der Waals surface area contributed by atoms with Crippen molar-refractivity contribution < 1.29 is 13.2 Å². The molecule has 6 nitrogen and oxygen atoms in total. The molecule has 2 rings (SSSR count). The van der Waals surface area contributed by atoms with Crippen molar-refractivity contribution in [2.75, 3.05) is 17.9 Å². The number of halogens is 1. The summed E-state index contributed by atoms with van der Waals surface area (Å²) in [6.07, 6.45) is 0.653. The van der Waals surface area contributed by atoms with Crippen molar-refractivity contribution in [1.29, 1.82) is 0 Å². The molecule has 0 saturated heterocycles. The Hall–Kier alpha value is -2.09. The molecule has 1 atom stereocenters. The lowest BCUT2D eigenvalue weighted by Crippen LogP contribution is -2.29. The van der Waals surface area contributed by atoms with E-state index in [1.807, 2.05) is 26.0 Å². The van der Waals surface area contributed by atoms with Gasteiger partial charge in [-0.25, -0.2) is 8.42 Å². The van der Waals surface area contributed by atoms with Gasteiger partial charge in [0.2, 0.25) is 0 Å². The Morgan fingerprint density at radius 1 is 1.19 bits per heavy atom. The molecule has 0 aliphatic rings. The Labute approximate surface area is 167 Å². The maximum absolute atomic E-state index is 12.9. The minimum atomic E-state index is -3.76. The van der Waals surface area contributed by atoms with Crippen LogP contribution in [0, 0.1) is 6.92 Å². The highest BCUT2D eigenvalue weighted by Gasteiger charge is 2.22. The first-order valence-electron chi connectivity index (χ1n) is 8.41. The molecule has 27 heavy (non-hydrogen) atoms. The maximum Gasteiger partial charge on any atom is 0.264 e. The first-order chi connectivity index (χ1) is 12.2. The Bertz CT molecular complexity index is 868. The minimum Gasteiger partial charge on any atom is -0.352 e. The number of hydrogen-bond acceptors (Lipinski definition) is 4. The van der Waals surface area contributed by atoms with Gasteiger partial charge in [0, 0.05) is 25.2 Å². The van der Waals surface area contributed by atoms with Gasteiger partial charge in [0.25, 0.3) is 15.9 Å². The quantitative estimate of drug-likeness (QED) is 0.732. The van der Waals surface area contributed by atoms with Crippen LogP contribution in [0.25, 0.3) is 0 Å². The summed E-state index contributed by atoms with van der Waals surface area (Å²) in [5, 5.41) is 2.75. The largest absolute Gasteiger partial charge is 0.352 e. The lowest BCUT2D eigenvalue weighted by atomic mass is 10.2. The van der Waals surface area contributed by atoms with Gasteiger partial charge >= 0.3 is 0 Å². The van der Waals surface area contributed by atoms with E-state index in [0.29, 0.717) is 24.2 Å². The van der Waals surface area contributed by atoms with E-state index in [-0.39, 0.29) is 29.3 Å². The van der Waals surface area contributed by atoms with Gasteiger partial charge in [-0.3, -0.25) is 9.10 Å². The van der Waals surface area contributed by atoms with Crippen LogP contribution in [0.1, 0.15) is 29.3 Å². The average Bonchev–Trinajstić information content (AvgIpc) is 2.61. The zero-order valence-corrected chi connectivity index (χ0v) is 17.3. The van der Waals surface area contributed by atoms with E-state index in [0.717, 1.165) is 5.56 Å². The number of carbonyl (C=O) groups excluding carboxylic acids is 1. The summed E-state index contributed by atoms with van der Waals surface area (Å²) in [5.74, 6) is -0.319. The number of nitrogens with one attached hydrogen (secondary N) is 1. The number of amides is 1. The van der Waals surface area contributed by atoms with Crippen LogP contribution in [0.4, 0.5) is 5.69 Å². The van der Waals surface area contributed by atoms with Gasteiger partial charge in [-0.15, -0.1) is 12.4 Å². The number of carbonyl (C=O) groups is 1. The molecular weight excluding hydrogens is 386 g/mol. The molecule has 0 spiro atoms. The second kappa shape index (κ2) is 9.73. The van der Waals surface area contributed by atoms with Crippen molar-refractivity contribution in [1.82, 2.24) is 5.32 Å². The third kappa shape index (κ3) is 5.95. The number of rotatable bonds is 7. The van der Waals surface area contributed by atoms with Gasteiger partial charge in [-0.1, -0.05) is 23.8 Å². The summed E-state index contributed by atoms with van der Waals surface area (Å²) in [7, 11) is -2.27. The fraction of sp³-hybridized carbons (Fsp3) is 0.316. The summed E-state index contributed by atoms with van der Waals surface area (Å²) in [6, 6.07) is 13.2. The summed E-state index contributed by atoms with van der Waals surface area (Å²) in [5.41, 5.74) is 7.56. The number of nitrogens with two attached hydrogens (primary N) is 1. The SMILES string of the molecule is Cc1ccc(N(C)S(=O)(=O)c2cccc(C(=O)NCCC(C)N)c2)cc1.Cl. The van der Waals surface area contributed by atoms with Gasteiger partial charge in [0.05, 0.1) is 10.6 Å². The average molecular weight is 412 g/mol. The highest BCUT2D eigenvalue weighted by molar-refractivity contribution is 7.92. The van der Waals surface area contributed by atoms with Crippen LogP contribution >= 0.6 is 12.4 Å². The number of benzene rings is 2. The highest BCUT2D eigenvalue weighted by atomic mass is 35.5. The molecule has 0 fully saturated rings. The summed E-state index contributed by atoms with van der Waals surface area (Å²) >= 11 is 0. The molecule has 0 aromatic heterocycles. The molecule has 0 aliphatic heterocycles. The van der Waals surface area contributed by atoms with Gasteiger partial charge in [0.15, 0.2) is 0 Å². The van der Waals surface area contributed by atoms with Gasteiger partial charge < -0.3 is 11.1 Å². The van der Waals surface area contributed by atoms with Crippen molar-refractivity contribution in [3.8, 4) is 0 Å². The molecule has 3 N–H and O–H groups in total. The standard InChI is InChI=1S/C19H25N3O3S.ClH/c1-14-7-9-17(10-8-14)22(3)26(24,25)18-6-4-5-16(13-18)19(23)21-12-11-15(2)20;/h4-10,13,15H,11-12,20H2,1-3H3,(H,21,23);1H. The van der Waals surface area contributed by atoms with Gasteiger partial charge in [-0.05, 0) is 50.6 Å². The topological polar surface area (TPSA) is 92.5 Å². The highest BCUT2D eigenvalue weighted by Crippen LogP contribution is 2.23. The second-order valence-electron chi connectivity index (χ2n) is 6.36. The van der Waals surface area contributed by atoms with Crippen molar-refractivity contribution in [3.63, 3.8) is 0 Å². The third-order valence-corrected chi connectivity index (χ3v) is 5.82. The predicted molar refractivity (Wildman–Crippen MR) is 111 cm³/mol. The lowest BCUT2D eigenvalue weighted by molar-refractivity contribution is 0.0952. The van der Waals surface area contributed by atoms with E-state index in [2.05, 4.69) is 5.32 Å². The number of aryl methyl sites for hydroxylation is 1. The fourth-order valence-corrected chi connectivity index (χ4v) is 3.61. The normalized spacial score (nSPS) is 12.0. The first-order valence-corrected chi connectivity index (χ1v) is 9.85. The third-order valence-electron chi connectivity index (χ3n) is 4.04. The van der Waals surface area contributed by atoms with Crippen molar-refractivity contribution in [2.24, 2.45) is 5.73 Å². The van der Waals surface area contributed by atoms with Crippen LogP contribution in [0.2, 0.25) is 0 Å². The number of sulfonamides is 1. The molecule has 8 heteroatoms. The molecule has 0 aliphatic carbocycles. The van der Waals surface area contributed by atoms with Gasteiger partial charge in [-0.2, -0.15) is 0 Å². The zero-order valence-electron chi connectivity index (χ0n) is 15.7. The minimum absolute atomic E-state index is 0. The predicted octanol–water partition coefficient (Wildman–Crippen LogP) is 2.71. The van der Waals surface area contributed by atoms with Crippen LogP contribution in [0.3, 0.4) is 0 Å². The van der Waals surface area contributed by atoms with Crippen LogP contribution in [-0.2, 0) is 10.0 Å². The molecule has 0 heterocycles. The molecule has 1 amide bonds. The molecule has 2 aromatic carbocycles. The number of anilines is 1. The van der Waals surface area contributed by atoms with Gasteiger partial charge in [0.1, 0.15) is 0 Å². The first kappa shape index (κ1) is 23.0. The molecule has 2 aromatic rings. The van der Waals surface area contributed by atoms with Crippen molar-refractivity contribution in [3.05, 3.63) is 59.7 Å². The monoisotopic (exact) mass is 411 g/mol. The van der Waals surface area contributed by atoms with Crippen LogP contribution in [0.5, 0.6) is 0 Å². The molecular formula is C19H26ClN3O3S. The lowest BCUT2D eigenvalue weighted by Gasteiger charge is -2.20. The summed E-state index contributed by atoms with van der Waals surface area (Å²) < 4.78 is 27.0. The summed E-state index contributed by atoms with van der Waals surface area (Å²) in [6.45, 7) is 4.24. The van der Waals surface area contributed by atoms with Crippen molar-refractivity contribution >= 4 is 34.0 Å². The molecule has 0 bridgehead atoms. The van der Waals surface area contributed by atoms with E-state index in [4.69, 9.17) is 5.73 Å². The Morgan fingerprint density at radius 3 is 2.41 bits per heavy atom. The van der Waals surface area contributed by atoms with E-state index in [1.165, 1.54) is 23.5 Å². The van der Waals surface area contributed by atoms with E-state index >= 15 is 0 Å².